The summed E-state index contributed by atoms with van der Waals surface area (Å²) in [6, 6.07) is 13.7. The van der Waals surface area contributed by atoms with E-state index in [1.807, 2.05) is 36.6 Å². The monoisotopic (exact) mass is 443 g/mol. The largest absolute Gasteiger partial charge is 0.486 e. The van der Waals surface area contributed by atoms with E-state index in [9.17, 15) is 4.39 Å². The van der Waals surface area contributed by atoms with E-state index in [0.717, 1.165) is 16.5 Å². The van der Waals surface area contributed by atoms with Crippen LogP contribution in [0.5, 0.6) is 11.5 Å². The fourth-order valence-corrected chi connectivity index (χ4v) is 3.91. The van der Waals surface area contributed by atoms with Crippen LogP contribution in [0.15, 0.2) is 63.6 Å². The Balaban J connectivity index is 1.23. The van der Waals surface area contributed by atoms with E-state index in [1.54, 1.807) is 12.1 Å². The van der Waals surface area contributed by atoms with Crippen molar-refractivity contribution in [2.24, 2.45) is 0 Å². The van der Waals surface area contributed by atoms with E-state index in [-0.39, 0.29) is 12.4 Å². The average Bonchev–Trinajstić information content (AvgIpc) is 3.41. The Hall–Kier alpha value is -2.91. The highest BCUT2D eigenvalue weighted by atomic mass is 32.2. The predicted octanol–water partition coefficient (Wildman–Crippen LogP) is 5.42. The van der Waals surface area contributed by atoms with Crippen LogP contribution in [-0.4, -0.2) is 15.2 Å². The number of hydrogen-bond donors (Lipinski definition) is 0. The second kappa shape index (κ2) is 9.73. The Morgan fingerprint density at radius 3 is 2.43 bits per heavy atom. The van der Waals surface area contributed by atoms with Gasteiger partial charge in [0.25, 0.3) is 11.1 Å². The third kappa shape index (κ3) is 5.80. The third-order valence-corrected chi connectivity index (χ3v) is 5.67. The minimum atomic E-state index is -0.290. The first-order valence-electron chi connectivity index (χ1n) is 9.10. The maximum absolute atomic E-state index is 12.9. The molecule has 0 aliphatic rings. The summed E-state index contributed by atoms with van der Waals surface area (Å²) in [6.07, 6.45) is 0. The van der Waals surface area contributed by atoms with E-state index < -0.39 is 0 Å². The molecule has 0 bridgehead atoms. The molecule has 0 atom stereocenters. The van der Waals surface area contributed by atoms with Gasteiger partial charge >= 0.3 is 0 Å². The predicted molar refractivity (Wildman–Crippen MR) is 112 cm³/mol. The summed E-state index contributed by atoms with van der Waals surface area (Å²) in [4.78, 5) is 4.53. The van der Waals surface area contributed by atoms with Crippen molar-refractivity contribution in [3.8, 4) is 11.5 Å². The molecule has 0 radical (unpaired) electrons. The van der Waals surface area contributed by atoms with E-state index in [1.165, 1.54) is 40.8 Å². The van der Waals surface area contributed by atoms with Gasteiger partial charge in [-0.1, -0.05) is 29.5 Å². The molecule has 0 saturated heterocycles. The number of rotatable bonds is 9. The van der Waals surface area contributed by atoms with Gasteiger partial charge in [0.2, 0.25) is 0 Å². The highest BCUT2D eigenvalue weighted by molar-refractivity contribution is 7.98. The number of thiazole rings is 1. The van der Waals surface area contributed by atoms with E-state index in [4.69, 9.17) is 13.9 Å². The van der Waals surface area contributed by atoms with E-state index >= 15 is 0 Å². The van der Waals surface area contributed by atoms with Crippen molar-refractivity contribution in [3.63, 3.8) is 0 Å². The van der Waals surface area contributed by atoms with Crippen LogP contribution in [0, 0.1) is 12.7 Å². The SMILES string of the molecule is Cc1ccc(OCc2nnc(SCc3csc(COc4ccc(F)cc4)n3)o2)cc1. The van der Waals surface area contributed by atoms with Crippen LogP contribution in [0.1, 0.15) is 22.2 Å². The maximum Gasteiger partial charge on any atom is 0.277 e. The first-order valence-corrected chi connectivity index (χ1v) is 11.0. The van der Waals surface area contributed by atoms with Gasteiger partial charge in [0.1, 0.15) is 28.9 Å². The molecule has 0 N–H and O–H groups in total. The summed E-state index contributed by atoms with van der Waals surface area (Å²) >= 11 is 2.92. The lowest BCUT2D eigenvalue weighted by molar-refractivity contribution is 0.252. The number of ether oxygens (including phenoxy) is 2. The summed E-state index contributed by atoms with van der Waals surface area (Å²) < 4.78 is 29.8. The summed E-state index contributed by atoms with van der Waals surface area (Å²) in [5.41, 5.74) is 2.07. The van der Waals surface area contributed by atoms with Crippen molar-refractivity contribution >= 4 is 23.1 Å². The summed E-state index contributed by atoms with van der Waals surface area (Å²) in [7, 11) is 0. The Kier molecular flexibility index (Phi) is 6.60. The van der Waals surface area contributed by atoms with Gasteiger partial charge in [-0.3, -0.25) is 0 Å². The first-order chi connectivity index (χ1) is 14.6. The van der Waals surface area contributed by atoms with Crippen LogP contribution < -0.4 is 9.47 Å². The zero-order valence-electron chi connectivity index (χ0n) is 16.1. The van der Waals surface area contributed by atoms with Crippen molar-refractivity contribution in [3.05, 3.63) is 81.9 Å². The van der Waals surface area contributed by atoms with Gasteiger partial charge in [-0.2, -0.15) is 0 Å². The molecule has 154 valence electrons. The van der Waals surface area contributed by atoms with Gasteiger partial charge in [0.05, 0.1) is 5.69 Å². The maximum atomic E-state index is 12.9. The number of aryl methyl sites for hydroxylation is 1. The van der Waals surface area contributed by atoms with Crippen molar-refractivity contribution in [2.45, 2.75) is 31.1 Å². The summed E-state index contributed by atoms with van der Waals surface area (Å²) in [5, 5.41) is 11.3. The van der Waals surface area contributed by atoms with Crippen LogP contribution in [-0.2, 0) is 19.0 Å². The van der Waals surface area contributed by atoms with Crippen LogP contribution in [0.25, 0.3) is 0 Å². The molecule has 2 aromatic heterocycles. The molecule has 0 spiro atoms. The molecular formula is C21H18FN3O3S2. The molecule has 0 fully saturated rings. The Morgan fingerprint density at radius 1 is 0.967 bits per heavy atom. The zero-order valence-corrected chi connectivity index (χ0v) is 17.7. The van der Waals surface area contributed by atoms with E-state index in [0.29, 0.717) is 29.2 Å². The highest BCUT2D eigenvalue weighted by Crippen LogP contribution is 2.24. The summed E-state index contributed by atoms with van der Waals surface area (Å²) in [5.74, 6) is 2.10. The molecule has 0 saturated carbocycles. The van der Waals surface area contributed by atoms with Gasteiger partial charge in [0.15, 0.2) is 6.61 Å². The Morgan fingerprint density at radius 2 is 1.67 bits per heavy atom. The molecule has 30 heavy (non-hydrogen) atoms. The number of hydrogen-bond acceptors (Lipinski definition) is 8. The number of aromatic nitrogens is 3. The van der Waals surface area contributed by atoms with Crippen molar-refractivity contribution in [1.29, 1.82) is 0 Å². The normalized spacial score (nSPS) is 10.9. The lowest BCUT2D eigenvalue weighted by atomic mass is 10.2. The van der Waals surface area contributed by atoms with Crippen molar-refractivity contribution < 1.29 is 18.3 Å². The quantitative estimate of drug-likeness (QED) is 0.320. The smallest absolute Gasteiger partial charge is 0.277 e. The Bertz CT molecular complexity index is 994. The van der Waals surface area contributed by atoms with Crippen LogP contribution in [0.4, 0.5) is 4.39 Å². The zero-order chi connectivity index (χ0) is 20.8. The van der Waals surface area contributed by atoms with Gasteiger partial charge in [-0.15, -0.1) is 21.5 Å². The molecule has 0 amide bonds. The van der Waals surface area contributed by atoms with E-state index in [2.05, 4.69) is 15.2 Å². The van der Waals surface area contributed by atoms with Crippen LogP contribution in [0.3, 0.4) is 0 Å². The van der Waals surface area contributed by atoms with Gasteiger partial charge in [-0.25, -0.2) is 9.37 Å². The number of benzene rings is 2. The minimum absolute atomic E-state index is 0.220. The fourth-order valence-electron chi connectivity index (χ4n) is 2.43. The highest BCUT2D eigenvalue weighted by Gasteiger charge is 2.10. The first kappa shape index (κ1) is 20.4. The van der Waals surface area contributed by atoms with Gasteiger partial charge < -0.3 is 13.9 Å². The van der Waals surface area contributed by atoms with Crippen molar-refractivity contribution in [1.82, 2.24) is 15.2 Å². The molecule has 0 aliphatic heterocycles. The lowest BCUT2D eigenvalue weighted by Gasteiger charge is -2.03. The standard InChI is InChI=1S/C21H18FN3O3S2/c1-14-2-6-17(7-3-14)26-10-19-24-25-21(28-19)30-13-16-12-29-20(23-16)11-27-18-8-4-15(22)5-9-18/h2-9,12H,10-11,13H2,1H3. The second-order valence-electron chi connectivity index (χ2n) is 6.33. The molecule has 4 rings (SSSR count). The molecular weight excluding hydrogens is 425 g/mol. The van der Waals surface area contributed by atoms with Crippen LogP contribution >= 0.6 is 23.1 Å². The number of halogens is 1. The minimum Gasteiger partial charge on any atom is -0.486 e. The molecule has 0 aliphatic carbocycles. The second-order valence-corrected chi connectivity index (χ2v) is 8.20. The van der Waals surface area contributed by atoms with Crippen LogP contribution in [0.2, 0.25) is 0 Å². The number of thioether (sulfide) groups is 1. The molecule has 6 nitrogen and oxygen atoms in total. The fraction of sp³-hybridized carbons (Fsp3) is 0.190. The third-order valence-electron chi connectivity index (χ3n) is 3.95. The lowest BCUT2D eigenvalue weighted by Crippen LogP contribution is -1.95. The summed E-state index contributed by atoms with van der Waals surface area (Å²) in [6.45, 7) is 2.58. The average molecular weight is 444 g/mol. The van der Waals surface area contributed by atoms with Gasteiger partial charge in [-0.05, 0) is 43.3 Å². The Labute approximate surface area is 181 Å². The molecule has 2 heterocycles. The number of nitrogens with zero attached hydrogens (tertiary/aromatic N) is 3. The molecule has 4 aromatic rings. The topological polar surface area (TPSA) is 70.3 Å². The van der Waals surface area contributed by atoms with Crippen molar-refractivity contribution in [2.75, 3.05) is 0 Å². The molecule has 2 aromatic carbocycles. The molecule has 9 heteroatoms. The van der Waals surface area contributed by atoms with Gasteiger partial charge in [0, 0.05) is 11.1 Å². The molecule has 0 unspecified atom stereocenters.